The van der Waals surface area contributed by atoms with Crippen molar-refractivity contribution in [2.75, 3.05) is 18.6 Å². The van der Waals surface area contributed by atoms with E-state index in [0.29, 0.717) is 12.2 Å². The summed E-state index contributed by atoms with van der Waals surface area (Å²) < 4.78 is 5.12. The van der Waals surface area contributed by atoms with E-state index >= 15 is 0 Å². The van der Waals surface area contributed by atoms with Gasteiger partial charge in [-0.15, -0.1) is 0 Å². The van der Waals surface area contributed by atoms with Crippen LogP contribution in [-0.4, -0.2) is 25.0 Å². The number of carbonyl (C=O) groups excluding carboxylic acids is 1. The van der Waals surface area contributed by atoms with E-state index in [4.69, 9.17) is 4.74 Å². The molecule has 0 radical (unpaired) electrons. The molecule has 0 aromatic heterocycles. The topological polar surface area (TPSA) is 29.5 Å². The van der Waals surface area contributed by atoms with E-state index < -0.39 is 0 Å². The lowest BCUT2D eigenvalue weighted by atomic mass is 10.00. The molecule has 1 heterocycles. The van der Waals surface area contributed by atoms with Crippen molar-refractivity contribution in [1.82, 2.24) is 0 Å². The third-order valence-electron chi connectivity index (χ3n) is 3.30. The second kappa shape index (κ2) is 3.81. The average molecular weight is 219 g/mol. The van der Waals surface area contributed by atoms with Gasteiger partial charge in [0.15, 0.2) is 5.78 Å². The van der Waals surface area contributed by atoms with Gasteiger partial charge in [-0.25, -0.2) is 0 Å². The molecule has 0 unspecified atom stereocenters. The van der Waals surface area contributed by atoms with E-state index in [-0.39, 0.29) is 5.54 Å². The van der Waals surface area contributed by atoms with Crippen LogP contribution in [0.4, 0.5) is 5.69 Å². The smallest absolute Gasteiger partial charge is 0.159 e. The zero-order valence-electron chi connectivity index (χ0n) is 9.99. The number of carbonyl (C=O) groups is 1. The molecule has 1 aliphatic heterocycles. The van der Waals surface area contributed by atoms with Crippen molar-refractivity contribution in [1.29, 1.82) is 0 Å². The van der Waals surface area contributed by atoms with Gasteiger partial charge in [0.05, 0.1) is 12.6 Å². The molecule has 0 atom stereocenters. The van der Waals surface area contributed by atoms with Crippen LogP contribution in [0.15, 0.2) is 24.3 Å². The Balaban J connectivity index is 2.27. The van der Waals surface area contributed by atoms with Crippen molar-refractivity contribution < 1.29 is 9.53 Å². The molecule has 1 aliphatic rings. The first-order valence-electron chi connectivity index (χ1n) is 5.50. The summed E-state index contributed by atoms with van der Waals surface area (Å²) in [5, 5.41) is 0. The largest absolute Gasteiger partial charge is 0.497 e. The van der Waals surface area contributed by atoms with Crippen molar-refractivity contribution in [2.24, 2.45) is 0 Å². The summed E-state index contributed by atoms with van der Waals surface area (Å²) in [6.45, 7) is 4.76. The number of anilines is 1. The van der Waals surface area contributed by atoms with Gasteiger partial charge in [0.25, 0.3) is 0 Å². The molecule has 1 aromatic carbocycles. The van der Waals surface area contributed by atoms with Gasteiger partial charge < -0.3 is 9.64 Å². The Kier molecular flexibility index (Phi) is 2.62. The Labute approximate surface area is 96.0 Å². The number of nitrogens with zero attached hydrogens (tertiary/aromatic N) is 1. The molecule has 0 saturated carbocycles. The quantitative estimate of drug-likeness (QED) is 0.764. The number of rotatable bonds is 2. The lowest BCUT2D eigenvalue weighted by Gasteiger charge is -2.32. The Hall–Kier alpha value is -1.51. The molecule has 2 rings (SSSR count). The minimum Gasteiger partial charge on any atom is -0.497 e. The predicted octanol–water partition coefficient (Wildman–Crippen LogP) is 2.25. The fraction of sp³-hybridized carbons (Fsp3) is 0.462. The van der Waals surface area contributed by atoms with Crippen molar-refractivity contribution in [3.05, 3.63) is 24.3 Å². The van der Waals surface area contributed by atoms with E-state index in [2.05, 4.69) is 4.90 Å². The van der Waals surface area contributed by atoms with Crippen LogP contribution in [0.25, 0.3) is 0 Å². The maximum absolute atomic E-state index is 11.7. The lowest BCUT2D eigenvalue weighted by Crippen LogP contribution is -2.42. The lowest BCUT2D eigenvalue weighted by molar-refractivity contribution is -0.120. The van der Waals surface area contributed by atoms with Crippen LogP contribution in [0.2, 0.25) is 0 Å². The summed E-state index contributed by atoms with van der Waals surface area (Å²) in [5.41, 5.74) is 0.700. The monoisotopic (exact) mass is 219 g/mol. The van der Waals surface area contributed by atoms with Crippen molar-refractivity contribution >= 4 is 11.5 Å². The Morgan fingerprint density at radius 2 is 1.88 bits per heavy atom. The van der Waals surface area contributed by atoms with E-state index in [0.717, 1.165) is 18.0 Å². The van der Waals surface area contributed by atoms with Crippen molar-refractivity contribution in [3.8, 4) is 5.75 Å². The van der Waals surface area contributed by atoms with Crippen molar-refractivity contribution in [3.63, 3.8) is 0 Å². The van der Waals surface area contributed by atoms with Gasteiger partial charge in [0.2, 0.25) is 0 Å². The highest BCUT2D eigenvalue weighted by Crippen LogP contribution is 2.31. The predicted molar refractivity (Wildman–Crippen MR) is 64.0 cm³/mol. The maximum atomic E-state index is 11.7. The van der Waals surface area contributed by atoms with Gasteiger partial charge in [0, 0.05) is 18.7 Å². The van der Waals surface area contributed by atoms with E-state index in [9.17, 15) is 4.79 Å². The zero-order valence-corrected chi connectivity index (χ0v) is 9.99. The number of ketones is 1. The number of Topliss-reactive ketones (excluding diaryl/α,β-unsaturated/α-hetero) is 1. The molecular formula is C13H17NO2. The molecule has 0 spiro atoms. The summed E-state index contributed by atoms with van der Waals surface area (Å²) in [6.07, 6.45) is 0.638. The Morgan fingerprint density at radius 1 is 1.25 bits per heavy atom. The molecule has 3 heteroatoms. The zero-order chi connectivity index (χ0) is 11.8. The first-order chi connectivity index (χ1) is 7.55. The van der Waals surface area contributed by atoms with Gasteiger partial charge in [-0.2, -0.15) is 0 Å². The minimum absolute atomic E-state index is 0.309. The van der Waals surface area contributed by atoms with Gasteiger partial charge in [0.1, 0.15) is 5.75 Å². The molecule has 1 fully saturated rings. The summed E-state index contributed by atoms with van der Waals surface area (Å²) in [6, 6.07) is 7.85. The van der Waals surface area contributed by atoms with Gasteiger partial charge >= 0.3 is 0 Å². The van der Waals surface area contributed by atoms with E-state index in [1.54, 1.807) is 7.11 Å². The summed E-state index contributed by atoms with van der Waals surface area (Å²) in [5.74, 6) is 1.15. The summed E-state index contributed by atoms with van der Waals surface area (Å²) >= 11 is 0. The van der Waals surface area contributed by atoms with E-state index in [1.165, 1.54) is 0 Å². The second-order valence-corrected chi connectivity index (χ2v) is 4.58. The molecule has 1 aromatic rings. The molecule has 0 N–H and O–H groups in total. The van der Waals surface area contributed by atoms with Crippen LogP contribution in [0.3, 0.4) is 0 Å². The third-order valence-corrected chi connectivity index (χ3v) is 3.30. The number of hydrogen-bond donors (Lipinski definition) is 0. The summed E-state index contributed by atoms with van der Waals surface area (Å²) in [7, 11) is 1.65. The minimum atomic E-state index is -0.380. The fourth-order valence-electron chi connectivity index (χ4n) is 2.16. The standard InChI is InChI=1S/C13H17NO2/c1-13(2)12(15)8-9-14(13)10-4-6-11(16-3)7-5-10/h4-7H,8-9H2,1-3H3. The average Bonchev–Trinajstić information content (AvgIpc) is 2.54. The van der Waals surface area contributed by atoms with E-state index in [1.807, 2.05) is 38.1 Å². The SMILES string of the molecule is COc1ccc(N2CCC(=O)C2(C)C)cc1. The van der Waals surface area contributed by atoms with Crippen molar-refractivity contribution in [2.45, 2.75) is 25.8 Å². The number of ether oxygens (including phenoxy) is 1. The summed E-state index contributed by atoms with van der Waals surface area (Å²) in [4.78, 5) is 13.9. The molecule has 0 aliphatic carbocycles. The molecular weight excluding hydrogens is 202 g/mol. The molecule has 0 amide bonds. The van der Waals surface area contributed by atoms with Crippen LogP contribution >= 0.6 is 0 Å². The van der Waals surface area contributed by atoms with Gasteiger partial charge in [-0.05, 0) is 38.1 Å². The normalized spacial score (nSPS) is 18.9. The number of methoxy groups -OCH3 is 1. The highest BCUT2D eigenvalue weighted by Gasteiger charge is 2.39. The first kappa shape index (κ1) is 11.0. The first-order valence-corrected chi connectivity index (χ1v) is 5.50. The van der Waals surface area contributed by atoms with Crippen LogP contribution in [-0.2, 0) is 4.79 Å². The Bertz CT molecular complexity index is 395. The maximum Gasteiger partial charge on any atom is 0.159 e. The van der Waals surface area contributed by atoms with Crippen LogP contribution in [0.1, 0.15) is 20.3 Å². The van der Waals surface area contributed by atoms with Crippen LogP contribution in [0, 0.1) is 0 Å². The number of hydrogen-bond acceptors (Lipinski definition) is 3. The molecule has 86 valence electrons. The Morgan fingerprint density at radius 3 is 2.31 bits per heavy atom. The fourth-order valence-corrected chi connectivity index (χ4v) is 2.16. The molecule has 3 nitrogen and oxygen atoms in total. The highest BCUT2D eigenvalue weighted by atomic mass is 16.5. The van der Waals surface area contributed by atoms with Crippen LogP contribution in [0.5, 0.6) is 5.75 Å². The third kappa shape index (κ3) is 1.66. The second-order valence-electron chi connectivity index (χ2n) is 4.58. The van der Waals surface area contributed by atoms with Gasteiger partial charge in [-0.3, -0.25) is 4.79 Å². The molecule has 0 bridgehead atoms. The van der Waals surface area contributed by atoms with Gasteiger partial charge in [-0.1, -0.05) is 0 Å². The highest BCUT2D eigenvalue weighted by molar-refractivity contribution is 5.94. The van der Waals surface area contributed by atoms with Crippen LogP contribution < -0.4 is 9.64 Å². The number of benzene rings is 1. The molecule has 16 heavy (non-hydrogen) atoms. The molecule has 1 saturated heterocycles.